The van der Waals surface area contributed by atoms with E-state index < -0.39 is 0 Å². The number of tetrazole rings is 1. The van der Waals surface area contributed by atoms with E-state index in [-0.39, 0.29) is 12.0 Å². The maximum absolute atomic E-state index is 12.1. The van der Waals surface area contributed by atoms with Crippen molar-refractivity contribution in [3.05, 3.63) is 36.2 Å². The van der Waals surface area contributed by atoms with E-state index in [0.717, 1.165) is 18.8 Å². The molecule has 2 N–H and O–H groups in total. The van der Waals surface area contributed by atoms with Crippen LogP contribution in [0.3, 0.4) is 0 Å². The summed E-state index contributed by atoms with van der Waals surface area (Å²) < 4.78 is 7.06. The standard InChI is InChI=1S/C13H16N6O2/c20-13(15-8-12-7-14-5-6-21-12)10-1-3-11(4-2-10)19-9-16-17-18-19/h1-4,9,12,14H,5-8H2,(H,15,20). The third-order valence-electron chi connectivity index (χ3n) is 3.24. The summed E-state index contributed by atoms with van der Waals surface area (Å²) in [7, 11) is 0. The molecule has 1 amide bonds. The summed E-state index contributed by atoms with van der Waals surface area (Å²) in [6.45, 7) is 2.81. The van der Waals surface area contributed by atoms with Crippen molar-refractivity contribution < 1.29 is 9.53 Å². The molecule has 1 aliphatic rings. The Labute approximate surface area is 121 Å². The van der Waals surface area contributed by atoms with Crippen LogP contribution in [-0.4, -0.2) is 58.5 Å². The highest BCUT2D eigenvalue weighted by Gasteiger charge is 2.14. The van der Waals surface area contributed by atoms with Gasteiger partial charge >= 0.3 is 0 Å². The van der Waals surface area contributed by atoms with Crippen LogP contribution in [0, 0.1) is 0 Å². The number of amides is 1. The van der Waals surface area contributed by atoms with Gasteiger partial charge in [0.25, 0.3) is 5.91 Å². The fraction of sp³-hybridized carbons (Fsp3) is 0.385. The molecule has 110 valence electrons. The number of ether oxygens (including phenoxy) is 1. The fourth-order valence-corrected chi connectivity index (χ4v) is 2.10. The van der Waals surface area contributed by atoms with E-state index in [1.807, 2.05) is 0 Å². The second-order valence-electron chi connectivity index (χ2n) is 4.71. The van der Waals surface area contributed by atoms with Crippen LogP contribution in [0.15, 0.2) is 30.6 Å². The van der Waals surface area contributed by atoms with E-state index in [2.05, 4.69) is 26.2 Å². The van der Waals surface area contributed by atoms with Crippen molar-refractivity contribution in [2.24, 2.45) is 0 Å². The summed E-state index contributed by atoms with van der Waals surface area (Å²) in [6, 6.07) is 7.08. The van der Waals surface area contributed by atoms with E-state index in [1.165, 1.54) is 11.0 Å². The number of carbonyl (C=O) groups is 1. The summed E-state index contributed by atoms with van der Waals surface area (Å²) in [5.41, 5.74) is 1.40. The molecule has 1 aliphatic heterocycles. The first kappa shape index (κ1) is 13.7. The topological polar surface area (TPSA) is 94.0 Å². The lowest BCUT2D eigenvalue weighted by Crippen LogP contribution is -2.45. The number of hydrogen-bond acceptors (Lipinski definition) is 6. The normalized spacial score (nSPS) is 18.4. The minimum Gasteiger partial charge on any atom is -0.374 e. The maximum atomic E-state index is 12.1. The monoisotopic (exact) mass is 288 g/mol. The zero-order valence-electron chi connectivity index (χ0n) is 11.4. The molecular formula is C13H16N6O2. The molecular weight excluding hydrogens is 272 g/mol. The van der Waals surface area contributed by atoms with Gasteiger partial charge in [0.05, 0.1) is 18.4 Å². The number of aromatic nitrogens is 4. The molecule has 0 bridgehead atoms. The van der Waals surface area contributed by atoms with E-state index in [1.54, 1.807) is 24.3 Å². The molecule has 21 heavy (non-hydrogen) atoms. The smallest absolute Gasteiger partial charge is 0.251 e. The molecule has 1 atom stereocenters. The molecule has 3 rings (SSSR count). The van der Waals surface area contributed by atoms with E-state index in [0.29, 0.717) is 18.7 Å². The predicted molar refractivity (Wildman–Crippen MR) is 74.1 cm³/mol. The minimum absolute atomic E-state index is 0.0307. The van der Waals surface area contributed by atoms with Crippen LogP contribution in [0.25, 0.3) is 5.69 Å². The Balaban J connectivity index is 1.57. The van der Waals surface area contributed by atoms with Crippen LogP contribution in [0.5, 0.6) is 0 Å². The zero-order valence-corrected chi connectivity index (χ0v) is 11.4. The van der Waals surface area contributed by atoms with Crippen molar-refractivity contribution in [2.45, 2.75) is 6.10 Å². The lowest BCUT2D eigenvalue weighted by Gasteiger charge is -2.23. The number of carbonyl (C=O) groups excluding carboxylic acids is 1. The highest BCUT2D eigenvalue weighted by atomic mass is 16.5. The highest BCUT2D eigenvalue weighted by Crippen LogP contribution is 2.07. The quantitative estimate of drug-likeness (QED) is 0.779. The molecule has 1 unspecified atom stereocenters. The van der Waals surface area contributed by atoms with Crippen LogP contribution in [0.2, 0.25) is 0 Å². The van der Waals surface area contributed by atoms with Gasteiger partial charge < -0.3 is 15.4 Å². The first-order valence-electron chi connectivity index (χ1n) is 6.77. The lowest BCUT2D eigenvalue weighted by atomic mass is 10.2. The number of morpholine rings is 1. The summed E-state index contributed by atoms with van der Waals surface area (Å²) in [5, 5.41) is 17.0. The molecule has 8 heteroatoms. The van der Waals surface area contributed by atoms with Crippen LogP contribution >= 0.6 is 0 Å². The summed E-state index contributed by atoms with van der Waals surface area (Å²) >= 11 is 0. The summed E-state index contributed by atoms with van der Waals surface area (Å²) in [6.07, 6.45) is 1.53. The van der Waals surface area contributed by atoms with Crippen LogP contribution in [-0.2, 0) is 4.74 Å². The van der Waals surface area contributed by atoms with Crippen LogP contribution in [0.1, 0.15) is 10.4 Å². The Morgan fingerprint density at radius 2 is 2.29 bits per heavy atom. The van der Waals surface area contributed by atoms with Crippen LogP contribution in [0.4, 0.5) is 0 Å². The lowest BCUT2D eigenvalue weighted by molar-refractivity contribution is 0.0287. The van der Waals surface area contributed by atoms with Crippen LogP contribution < -0.4 is 10.6 Å². The molecule has 0 radical (unpaired) electrons. The molecule has 1 saturated heterocycles. The van der Waals surface area contributed by atoms with E-state index >= 15 is 0 Å². The van der Waals surface area contributed by atoms with E-state index in [4.69, 9.17) is 4.74 Å². The third kappa shape index (κ3) is 3.41. The largest absolute Gasteiger partial charge is 0.374 e. The molecule has 0 saturated carbocycles. The van der Waals surface area contributed by atoms with Crippen molar-refractivity contribution in [3.8, 4) is 5.69 Å². The molecule has 0 spiro atoms. The Morgan fingerprint density at radius 3 is 2.95 bits per heavy atom. The molecule has 0 aliphatic carbocycles. The minimum atomic E-state index is -0.118. The van der Waals surface area contributed by atoms with Gasteiger partial charge in [-0.2, -0.15) is 0 Å². The Hall–Kier alpha value is -2.32. The second-order valence-corrected chi connectivity index (χ2v) is 4.71. The average molecular weight is 288 g/mol. The third-order valence-corrected chi connectivity index (χ3v) is 3.24. The molecule has 2 aromatic rings. The Bertz CT molecular complexity index is 577. The first-order chi connectivity index (χ1) is 10.3. The fourth-order valence-electron chi connectivity index (χ4n) is 2.10. The molecule has 1 aromatic carbocycles. The van der Waals surface area contributed by atoms with Crippen molar-refractivity contribution in [1.82, 2.24) is 30.8 Å². The van der Waals surface area contributed by atoms with Gasteiger partial charge in [-0.1, -0.05) is 0 Å². The summed E-state index contributed by atoms with van der Waals surface area (Å²) in [4.78, 5) is 12.1. The SMILES string of the molecule is O=C(NCC1CNCCO1)c1ccc(-n2cnnn2)cc1. The molecule has 8 nitrogen and oxygen atoms in total. The van der Waals surface area contributed by atoms with Gasteiger partial charge in [0.2, 0.25) is 0 Å². The molecule has 2 heterocycles. The Kier molecular flexibility index (Phi) is 4.17. The van der Waals surface area contributed by atoms with Gasteiger partial charge in [-0.05, 0) is 34.7 Å². The summed E-state index contributed by atoms with van der Waals surface area (Å²) in [5.74, 6) is -0.118. The highest BCUT2D eigenvalue weighted by molar-refractivity contribution is 5.94. The second kappa shape index (κ2) is 6.42. The number of nitrogens with one attached hydrogen (secondary N) is 2. The maximum Gasteiger partial charge on any atom is 0.251 e. The van der Waals surface area contributed by atoms with Gasteiger partial charge in [0.15, 0.2) is 0 Å². The van der Waals surface area contributed by atoms with Gasteiger partial charge in [0, 0.05) is 25.2 Å². The molecule has 1 aromatic heterocycles. The number of nitrogens with zero attached hydrogens (tertiary/aromatic N) is 4. The number of benzene rings is 1. The number of rotatable bonds is 4. The van der Waals surface area contributed by atoms with Crippen molar-refractivity contribution in [1.29, 1.82) is 0 Å². The first-order valence-corrected chi connectivity index (χ1v) is 6.77. The molecule has 1 fully saturated rings. The Morgan fingerprint density at radius 1 is 1.43 bits per heavy atom. The van der Waals surface area contributed by atoms with Crippen molar-refractivity contribution in [3.63, 3.8) is 0 Å². The van der Waals surface area contributed by atoms with Crippen molar-refractivity contribution in [2.75, 3.05) is 26.2 Å². The van der Waals surface area contributed by atoms with Crippen molar-refractivity contribution >= 4 is 5.91 Å². The van der Waals surface area contributed by atoms with Gasteiger partial charge in [-0.3, -0.25) is 4.79 Å². The zero-order chi connectivity index (χ0) is 14.5. The van der Waals surface area contributed by atoms with Gasteiger partial charge in [-0.15, -0.1) is 5.10 Å². The number of hydrogen-bond donors (Lipinski definition) is 2. The predicted octanol–water partition coefficient (Wildman–Crippen LogP) is -0.619. The average Bonchev–Trinajstić information content (AvgIpc) is 3.08. The van der Waals surface area contributed by atoms with Gasteiger partial charge in [-0.25, -0.2) is 4.68 Å². The van der Waals surface area contributed by atoms with E-state index in [9.17, 15) is 4.79 Å². The van der Waals surface area contributed by atoms with Gasteiger partial charge in [0.1, 0.15) is 6.33 Å².